The number of carbonyl (C=O) groups is 1. The van der Waals surface area contributed by atoms with Gasteiger partial charge in [-0.3, -0.25) is 0 Å². The summed E-state index contributed by atoms with van der Waals surface area (Å²) < 4.78 is 10.5. The maximum Gasteiger partial charge on any atom is 0.338 e. The molecule has 1 aliphatic heterocycles. The summed E-state index contributed by atoms with van der Waals surface area (Å²) in [6.07, 6.45) is 9.81. The molecule has 0 aromatic rings. The first-order chi connectivity index (χ1) is 8.73. The van der Waals surface area contributed by atoms with Crippen molar-refractivity contribution in [3.63, 3.8) is 0 Å². The minimum atomic E-state index is -0.913. The fourth-order valence-corrected chi connectivity index (χ4v) is 2.75. The van der Waals surface area contributed by atoms with E-state index in [0.29, 0.717) is 19.6 Å². The zero-order valence-corrected chi connectivity index (χ0v) is 11.0. The molecule has 2 fully saturated rings. The van der Waals surface area contributed by atoms with Crippen LogP contribution in [0, 0.1) is 5.92 Å². The molecular formula is C14H24O4. The Morgan fingerprint density at radius 3 is 2.61 bits per heavy atom. The Labute approximate surface area is 109 Å². The van der Waals surface area contributed by atoms with Gasteiger partial charge < -0.3 is 14.6 Å². The van der Waals surface area contributed by atoms with Crippen LogP contribution in [0.5, 0.6) is 0 Å². The van der Waals surface area contributed by atoms with E-state index in [9.17, 15) is 4.79 Å². The molecule has 0 aromatic carbocycles. The van der Waals surface area contributed by atoms with Gasteiger partial charge in [0.25, 0.3) is 0 Å². The van der Waals surface area contributed by atoms with E-state index in [0.717, 1.165) is 18.9 Å². The number of ether oxygens (including phenoxy) is 2. The van der Waals surface area contributed by atoms with Gasteiger partial charge in [-0.2, -0.15) is 0 Å². The van der Waals surface area contributed by atoms with Gasteiger partial charge in [0.05, 0.1) is 6.61 Å². The van der Waals surface area contributed by atoms with Crippen LogP contribution >= 0.6 is 0 Å². The molecule has 0 radical (unpaired) electrons. The van der Waals surface area contributed by atoms with Crippen molar-refractivity contribution in [3.8, 4) is 0 Å². The third-order valence-corrected chi connectivity index (χ3v) is 4.16. The van der Waals surface area contributed by atoms with Crippen molar-refractivity contribution in [2.45, 2.75) is 57.0 Å². The lowest BCUT2D eigenvalue weighted by atomic mass is 9.86. The highest BCUT2D eigenvalue weighted by atomic mass is 16.6. The lowest BCUT2D eigenvalue weighted by Gasteiger charge is -2.21. The Morgan fingerprint density at radius 2 is 2.00 bits per heavy atom. The molecule has 1 unspecified atom stereocenters. The molecule has 2 rings (SSSR count). The monoisotopic (exact) mass is 256 g/mol. The number of carboxylic acid groups (broad SMARTS) is 1. The van der Waals surface area contributed by atoms with Gasteiger partial charge in [0, 0.05) is 19.6 Å². The van der Waals surface area contributed by atoms with Gasteiger partial charge in [0.1, 0.15) is 0 Å². The van der Waals surface area contributed by atoms with E-state index in [1.807, 2.05) is 0 Å². The normalized spacial score (nSPS) is 28.2. The Morgan fingerprint density at radius 1 is 1.28 bits per heavy atom. The number of epoxide rings is 1. The minimum Gasteiger partial charge on any atom is -0.479 e. The molecular weight excluding hydrogens is 232 g/mol. The second-order valence-electron chi connectivity index (χ2n) is 5.60. The average Bonchev–Trinajstić information content (AvgIpc) is 3.16. The summed E-state index contributed by atoms with van der Waals surface area (Å²) in [7, 11) is 0. The second-order valence-corrected chi connectivity index (χ2v) is 5.60. The molecule has 1 heterocycles. The van der Waals surface area contributed by atoms with Gasteiger partial charge in [-0.1, -0.05) is 32.1 Å². The van der Waals surface area contributed by atoms with Crippen LogP contribution in [0.1, 0.15) is 51.4 Å². The van der Waals surface area contributed by atoms with Gasteiger partial charge >= 0.3 is 5.97 Å². The summed E-state index contributed by atoms with van der Waals surface area (Å²) in [4.78, 5) is 10.8. The quantitative estimate of drug-likeness (QED) is 0.535. The molecule has 4 nitrogen and oxygen atoms in total. The number of aliphatic carboxylic acids is 1. The maximum atomic E-state index is 10.8. The molecule has 0 bridgehead atoms. The summed E-state index contributed by atoms with van der Waals surface area (Å²) in [5.74, 6) is 0.0489. The van der Waals surface area contributed by atoms with Crippen molar-refractivity contribution >= 4 is 5.97 Å². The van der Waals surface area contributed by atoms with E-state index in [-0.39, 0.29) is 0 Å². The van der Waals surface area contributed by atoms with Gasteiger partial charge in [0.15, 0.2) is 5.60 Å². The summed E-state index contributed by atoms with van der Waals surface area (Å²) in [6.45, 7) is 1.59. The molecule has 2 aliphatic rings. The minimum absolute atomic E-state index is 0.341. The fourth-order valence-electron chi connectivity index (χ4n) is 2.75. The molecule has 0 spiro atoms. The van der Waals surface area contributed by atoms with Crippen LogP contribution in [0.25, 0.3) is 0 Å². The second kappa shape index (κ2) is 6.53. The highest BCUT2D eigenvalue weighted by molar-refractivity contribution is 5.80. The topological polar surface area (TPSA) is 59.1 Å². The van der Waals surface area contributed by atoms with Crippen LogP contribution in [0.2, 0.25) is 0 Å². The molecule has 1 saturated carbocycles. The van der Waals surface area contributed by atoms with Crippen molar-refractivity contribution in [1.82, 2.24) is 0 Å². The van der Waals surface area contributed by atoms with Crippen LogP contribution < -0.4 is 0 Å². The zero-order valence-electron chi connectivity index (χ0n) is 11.0. The van der Waals surface area contributed by atoms with Crippen LogP contribution in [0.15, 0.2) is 0 Å². The van der Waals surface area contributed by atoms with Crippen molar-refractivity contribution in [1.29, 1.82) is 0 Å². The Balaban J connectivity index is 1.45. The van der Waals surface area contributed by atoms with E-state index in [4.69, 9.17) is 14.6 Å². The summed E-state index contributed by atoms with van der Waals surface area (Å²) in [5.41, 5.74) is -0.913. The largest absolute Gasteiger partial charge is 0.479 e. The predicted molar refractivity (Wildman–Crippen MR) is 67.6 cm³/mol. The molecule has 1 aliphatic carbocycles. The zero-order chi connectivity index (χ0) is 12.8. The van der Waals surface area contributed by atoms with Crippen LogP contribution in [0.4, 0.5) is 0 Å². The highest BCUT2D eigenvalue weighted by Gasteiger charge is 2.52. The molecule has 0 amide bonds. The first kappa shape index (κ1) is 13.8. The molecule has 18 heavy (non-hydrogen) atoms. The lowest BCUT2D eigenvalue weighted by Crippen LogP contribution is -2.25. The molecule has 1 N–H and O–H groups in total. The van der Waals surface area contributed by atoms with Crippen LogP contribution in [0.3, 0.4) is 0 Å². The first-order valence-corrected chi connectivity index (χ1v) is 7.18. The van der Waals surface area contributed by atoms with Crippen LogP contribution in [-0.2, 0) is 14.3 Å². The maximum absolute atomic E-state index is 10.8. The Kier molecular flexibility index (Phi) is 5.01. The van der Waals surface area contributed by atoms with E-state index < -0.39 is 11.6 Å². The summed E-state index contributed by atoms with van der Waals surface area (Å²) in [6, 6.07) is 0. The third kappa shape index (κ3) is 3.95. The Hall–Kier alpha value is -0.610. The highest BCUT2D eigenvalue weighted by Crippen LogP contribution is 2.31. The number of hydrogen-bond acceptors (Lipinski definition) is 3. The number of hydrogen-bond donors (Lipinski definition) is 1. The van der Waals surface area contributed by atoms with Gasteiger partial charge in [-0.05, 0) is 18.8 Å². The fraction of sp³-hybridized carbons (Fsp3) is 0.929. The van der Waals surface area contributed by atoms with E-state index >= 15 is 0 Å². The first-order valence-electron chi connectivity index (χ1n) is 7.18. The van der Waals surface area contributed by atoms with Crippen molar-refractivity contribution in [2.75, 3.05) is 19.8 Å². The summed E-state index contributed by atoms with van der Waals surface area (Å²) in [5, 5.41) is 8.90. The third-order valence-electron chi connectivity index (χ3n) is 4.16. The van der Waals surface area contributed by atoms with E-state index in [1.54, 1.807) is 0 Å². The van der Waals surface area contributed by atoms with Crippen molar-refractivity contribution in [2.24, 2.45) is 5.92 Å². The molecule has 104 valence electrons. The smallest absolute Gasteiger partial charge is 0.338 e. The molecule has 1 atom stereocenters. The van der Waals surface area contributed by atoms with Gasteiger partial charge in [-0.25, -0.2) is 4.79 Å². The van der Waals surface area contributed by atoms with E-state index in [2.05, 4.69) is 0 Å². The van der Waals surface area contributed by atoms with E-state index in [1.165, 1.54) is 38.5 Å². The number of carboxylic acids is 1. The molecule has 4 heteroatoms. The predicted octanol–water partition coefficient (Wildman–Crippen LogP) is 2.61. The Bertz CT molecular complexity index is 267. The standard InChI is InChI=1S/C14H24O4/c15-13(16)14(11-18-14)8-10-17-9-4-7-12-5-2-1-3-6-12/h12H,1-11H2,(H,15,16). The van der Waals surface area contributed by atoms with Gasteiger partial charge in [-0.15, -0.1) is 0 Å². The SMILES string of the molecule is O=C(O)C1(CCOCCCC2CCCCC2)CO1. The van der Waals surface area contributed by atoms with Crippen molar-refractivity contribution in [3.05, 3.63) is 0 Å². The summed E-state index contributed by atoms with van der Waals surface area (Å²) >= 11 is 0. The number of rotatable bonds is 8. The average molecular weight is 256 g/mol. The molecule has 0 aromatic heterocycles. The lowest BCUT2D eigenvalue weighted by molar-refractivity contribution is -0.144. The molecule has 1 saturated heterocycles. The van der Waals surface area contributed by atoms with Crippen molar-refractivity contribution < 1.29 is 19.4 Å². The van der Waals surface area contributed by atoms with Crippen LogP contribution in [-0.4, -0.2) is 36.5 Å². The van der Waals surface area contributed by atoms with Gasteiger partial charge in [0.2, 0.25) is 0 Å².